The maximum absolute atomic E-state index is 15.7. The van der Waals surface area contributed by atoms with Gasteiger partial charge >= 0.3 is 12.4 Å². The zero-order valence-corrected chi connectivity index (χ0v) is 25.2. The summed E-state index contributed by atoms with van der Waals surface area (Å²) in [5, 5.41) is -0.237. The van der Waals surface area contributed by atoms with Crippen molar-refractivity contribution in [1.29, 1.82) is 0 Å². The highest BCUT2D eigenvalue weighted by atomic mass is 31.2. The first-order chi connectivity index (χ1) is 19.4. The molecule has 0 saturated carbocycles. The van der Waals surface area contributed by atoms with Gasteiger partial charge in [-0.2, -0.15) is 26.3 Å². The van der Waals surface area contributed by atoms with Gasteiger partial charge in [-0.3, -0.25) is 0 Å². The lowest BCUT2D eigenvalue weighted by Gasteiger charge is -2.28. The monoisotopic (exact) mass is 604 g/mol. The Bertz CT molecular complexity index is 1640. The maximum atomic E-state index is 15.7. The van der Waals surface area contributed by atoms with Crippen LogP contribution in [0.4, 0.5) is 26.3 Å². The van der Waals surface area contributed by atoms with E-state index in [1.165, 1.54) is 13.2 Å². The number of methoxy groups -OCH3 is 1. The lowest BCUT2D eigenvalue weighted by molar-refractivity contribution is -0.142. The average Bonchev–Trinajstić information content (AvgIpc) is 2.85. The van der Waals surface area contributed by atoms with Crippen LogP contribution in [0.15, 0.2) is 60.7 Å². The van der Waals surface area contributed by atoms with Gasteiger partial charge < -0.3 is 9.30 Å². The topological polar surface area (TPSA) is 26.3 Å². The third-order valence-corrected chi connectivity index (χ3v) is 10.3. The van der Waals surface area contributed by atoms with Crippen molar-refractivity contribution >= 4 is 23.1 Å². The first-order valence-electron chi connectivity index (χ1n) is 13.1. The van der Waals surface area contributed by atoms with E-state index in [0.29, 0.717) is 39.6 Å². The van der Waals surface area contributed by atoms with Crippen molar-refractivity contribution < 1.29 is 35.6 Å². The second-order valence-corrected chi connectivity index (χ2v) is 13.5. The molecule has 0 N–H and O–H groups in total. The van der Waals surface area contributed by atoms with E-state index in [4.69, 9.17) is 4.74 Å². The van der Waals surface area contributed by atoms with Crippen molar-refractivity contribution in [3.63, 3.8) is 0 Å². The lowest BCUT2D eigenvalue weighted by Crippen LogP contribution is -2.30. The van der Waals surface area contributed by atoms with Crippen LogP contribution >= 0.6 is 7.14 Å². The molecule has 0 unspecified atom stereocenters. The smallest absolute Gasteiger partial charge is 0.417 e. The minimum Gasteiger partial charge on any atom is -0.496 e. The Morgan fingerprint density at radius 2 is 1.12 bits per heavy atom. The molecule has 0 saturated heterocycles. The molecule has 0 amide bonds. The molecule has 0 atom stereocenters. The van der Waals surface area contributed by atoms with Crippen molar-refractivity contribution in [3.8, 4) is 16.9 Å². The Hall–Kier alpha value is -3.51. The van der Waals surface area contributed by atoms with Crippen LogP contribution in [0.5, 0.6) is 5.75 Å². The van der Waals surface area contributed by atoms with E-state index in [-0.39, 0.29) is 27.8 Å². The van der Waals surface area contributed by atoms with Crippen LogP contribution in [0.1, 0.15) is 44.5 Å². The lowest BCUT2D eigenvalue weighted by atomic mass is 9.92. The molecule has 222 valence electrons. The van der Waals surface area contributed by atoms with Crippen molar-refractivity contribution in [2.75, 3.05) is 7.11 Å². The molecule has 0 aliphatic rings. The fourth-order valence-corrected chi connectivity index (χ4v) is 8.92. The average molecular weight is 605 g/mol. The summed E-state index contributed by atoms with van der Waals surface area (Å²) in [5.41, 5.74) is -0.00610. The molecule has 0 fully saturated rings. The molecule has 4 aromatic carbocycles. The second kappa shape index (κ2) is 11.0. The van der Waals surface area contributed by atoms with Crippen molar-refractivity contribution in [1.82, 2.24) is 0 Å². The summed E-state index contributed by atoms with van der Waals surface area (Å²) in [4.78, 5) is 0. The molecule has 4 rings (SSSR count). The summed E-state index contributed by atoms with van der Waals surface area (Å²) in [5.74, 6) is 0.291. The highest BCUT2D eigenvalue weighted by Gasteiger charge is 2.44. The molecule has 2 nitrogen and oxygen atoms in total. The fourth-order valence-electron chi connectivity index (χ4n) is 5.65. The fraction of sp³-hybridized carbons (Fsp3) is 0.273. The molecule has 0 heterocycles. The first kappa shape index (κ1) is 31.4. The van der Waals surface area contributed by atoms with Gasteiger partial charge in [0.1, 0.15) is 5.75 Å². The van der Waals surface area contributed by atoms with Gasteiger partial charge in [-0.25, -0.2) is 0 Å². The Labute approximate surface area is 241 Å². The van der Waals surface area contributed by atoms with E-state index in [1.807, 2.05) is 0 Å². The van der Waals surface area contributed by atoms with Gasteiger partial charge in [0.05, 0.1) is 18.2 Å². The summed E-state index contributed by atoms with van der Waals surface area (Å²) < 4.78 is 109. The predicted octanol–water partition coefficient (Wildman–Crippen LogP) is 8.89. The standard InChI is InChI=1S/C33H31F6O2P/c1-18-10-19(2)13-25(12-18)42(40,26-14-20(3)11-21(4)15-26)29-17-24(32(34,35)36)16-28(33(37,38)39)30(29)27-9-8-22(5)31(41-7)23(27)6/h8-17H,1-7H3. The Balaban J connectivity index is 2.35. The molecular formula is C33H31F6O2P. The van der Waals surface area contributed by atoms with E-state index in [1.54, 1.807) is 84.0 Å². The number of ether oxygens (including phenoxy) is 1. The van der Waals surface area contributed by atoms with Crippen LogP contribution < -0.4 is 20.7 Å². The molecule has 9 heteroatoms. The molecule has 0 aromatic heterocycles. The minimum atomic E-state index is -5.20. The highest BCUT2D eigenvalue weighted by molar-refractivity contribution is 7.85. The third-order valence-electron chi connectivity index (χ3n) is 7.31. The summed E-state index contributed by atoms with van der Waals surface area (Å²) in [6.07, 6.45) is -10.3. The van der Waals surface area contributed by atoms with Gasteiger partial charge in [0.25, 0.3) is 0 Å². The molecule has 0 bridgehead atoms. The number of aryl methyl sites for hydroxylation is 5. The number of halogens is 6. The SMILES string of the molecule is COc1c(C)ccc(-c2c(C(F)(F)F)cc(C(F)(F)F)cc2P(=O)(c2cc(C)cc(C)c2)c2cc(C)cc(C)c2)c1C. The Morgan fingerprint density at radius 3 is 1.52 bits per heavy atom. The minimum absolute atomic E-state index is 0.0116. The van der Waals surface area contributed by atoms with Crippen LogP contribution in [0.2, 0.25) is 0 Å². The number of rotatable bonds is 5. The van der Waals surface area contributed by atoms with Gasteiger partial charge in [0.2, 0.25) is 0 Å². The quantitative estimate of drug-likeness (QED) is 0.168. The largest absolute Gasteiger partial charge is 0.496 e. The van der Waals surface area contributed by atoms with Gasteiger partial charge in [-0.15, -0.1) is 0 Å². The second-order valence-electron chi connectivity index (χ2n) is 10.8. The van der Waals surface area contributed by atoms with Crippen LogP contribution in [0, 0.1) is 41.5 Å². The number of hydrogen-bond acceptors (Lipinski definition) is 2. The third kappa shape index (κ3) is 5.74. The van der Waals surface area contributed by atoms with Crippen molar-refractivity contribution in [3.05, 3.63) is 105 Å². The van der Waals surface area contributed by atoms with Crippen LogP contribution in [-0.2, 0) is 16.9 Å². The zero-order chi connectivity index (χ0) is 31.4. The summed E-state index contributed by atoms with van der Waals surface area (Å²) >= 11 is 0. The summed E-state index contributed by atoms with van der Waals surface area (Å²) in [6.45, 7) is 10.2. The van der Waals surface area contributed by atoms with E-state index in [0.717, 1.165) is 0 Å². The molecule has 42 heavy (non-hydrogen) atoms. The summed E-state index contributed by atoms with van der Waals surface area (Å²) in [7, 11) is -3.01. The van der Waals surface area contributed by atoms with Crippen LogP contribution in [0.3, 0.4) is 0 Å². The van der Waals surface area contributed by atoms with E-state index >= 15 is 4.57 Å². The predicted molar refractivity (Wildman–Crippen MR) is 156 cm³/mol. The molecule has 0 aliphatic heterocycles. The van der Waals surface area contributed by atoms with E-state index in [2.05, 4.69) is 0 Å². The van der Waals surface area contributed by atoms with Gasteiger partial charge in [-0.05, 0) is 94.6 Å². The van der Waals surface area contributed by atoms with Crippen molar-refractivity contribution in [2.45, 2.75) is 53.9 Å². The Morgan fingerprint density at radius 1 is 0.643 bits per heavy atom. The number of alkyl halides is 6. The normalized spacial score (nSPS) is 12.5. The molecular weight excluding hydrogens is 573 g/mol. The van der Waals surface area contributed by atoms with Gasteiger partial charge in [-0.1, -0.05) is 46.5 Å². The van der Waals surface area contributed by atoms with Gasteiger partial charge in [0, 0.05) is 21.5 Å². The van der Waals surface area contributed by atoms with E-state index in [9.17, 15) is 26.3 Å². The number of hydrogen-bond donors (Lipinski definition) is 0. The van der Waals surface area contributed by atoms with Crippen molar-refractivity contribution in [2.24, 2.45) is 0 Å². The molecule has 0 aliphatic carbocycles. The maximum Gasteiger partial charge on any atom is 0.417 e. The molecule has 4 aromatic rings. The van der Waals surface area contributed by atoms with Crippen LogP contribution in [0.25, 0.3) is 11.1 Å². The molecule has 0 spiro atoms. The Kier molecular flexibility index (Phi) is 8.20. The van der Waals surface area contributed by atoms with Gasteiger partial charge in [0.15, 0.2) is 7.14 Å². The molecule has 0 radical (unpaired) electrons. The zero-order valence-electron chi connectivity index (χ0n) is 24.3. The van der Waals surface area contributed by atoms with E-state index < -0.39 is 41.5 Å². The summed E-state index contributed by atoms with van der Waals surface area (Å²) in [6, 6.07) is 13.6. The first-order valence-corrected chi connectivity index (χ1v) is 14.8. The van der Waals surface area contributed by atoms with Crippen LogP contribution in [-0.4, -0.2) is 7.11 Å². The highest BCUT2D eigenvalue weighted by Crippen LogP contribution is 2.51. The number of benzene rings is 4.